The average molecular weight is 380 g/mol. The summed E-state index contributed by atoms with van der Waals surface area (Å²) in [5.41, 5.74) is 1.28. The van der Waals surface area contributed by atoms with Gasteiger partial charge in [-0.05, 0) is 44.0 Å². The van der Waals surface area contributed by atoms with E-state index < -0.39 is 17.3 Å². The summed E-state index contributed by atoms with van der Waals surface area (Å²) in [7, 11) is 0. The molecule has 146 valence electrons. The summed E-state index contributed by atoms with van der Waals surface area (Å²) in [6, 6.07) is 16.4. The summed E-state index contributed by atoms with van der Waals surface area (Å²) in [5, 5.41) is 2.71. The molecule has 1 aliphatic rings. The van der Waals surface area contributed by atoms with E-state index >= 15 is 0 Å². The quantitative estimate of drug-likeness (QED) is 0.781. The molecule has 2 aromatic carbocycles. The monoisotopic (exact) mass is 380 g/mol. The molecule has 0 unspecified atom stereocenters. The Labute approximate surface area is 164 Å². The van der Waals surface area contributed by atoms with Crippen LogP contribution in [0.2, 0.25) is 0 Å². The number of nitrogens with zero attached hydrogens (tertiary/aromatic N) is 1. The van der Waals surface area contributed by atoms with E-state index in [1.165, 1.54) is 0 Å². The fraction of sp³-hybridized carbons (Fsp3) is 0.318. The number of benzene rings is 2. The lowest BCUT2D eigenvalue weighted by molar-refractivity contribution is -0.152. The van der Waals surface area contributed by atoms with Gasteiger partial charge in [-0.1, -0.05) is 36.4 Å². The first-order chi connectivity index (χ1) is 13.4. The van der Waals surface area contributed by atoms with Crippen molar-refractivity contribution in [3.63, 3.8) is 0 Å². The summed E-state index contributed by atoms with van der Waals surface area (Å²) >= 11 is 0. The molecule has 0 aliphatic carbocycles. The fourth-order valence-electron chi connectivity index (χ4n) is 3.15. The van der Waals surface area contributed by atoms with Gasteiger partial charge in [-0.25, -0.2) is 0 Å². The van der Waals surface area contributed by atoms with Crippen LogP contribution in [0.15, 0.2) is 54.6 Å². The van der Waals surface area contributed by atoms with Gasteiger partial charge in [0, 0.05) is 24.3 Å². The number of esters is 1. The van der Waals surface area contributed by atoms with E-state index in [2.05, 4.69) is 5.32 Å². The molecule has 1 aliphatic heterocycles. The molecule has 6 nitrogen and oxygen atoms in total. The lowest BCUT2D eigenvalue weighted by Gasteiger charge is -2.23. The van der Waals surface area contributed by atoms with Crippen LogP contribution in [0, 0.1) is 0 Å². The van der Waals surface area contributed by atoms with Gasteiger partial charge < -0.3 is 15.0 Å². The standard InChI is InChI=1S/C22H24N2O4/c1-22(2,16-8-4-3-5-9-16)21(27)28-15-19(25)23-17-10-6-11-18(14-17)24-13-7-12-20(24)26/h3-6,8-11,14H,7,12-13,15H2,1-2H3,(H,23,25). The third-order valence-electron chi connectivity index (χ3n) is 4.86. The zero-order valence-corrected chi connectivity index (χ0v) is 16.1. The van der Waals surface area contributed by atoms with Crippen molar-refractivity contribution in [2.24, 2.45) is 0 Å². The molecule has 0 spiro atoms. The molecule has 0 radical (unpaired) electrons. The highest BCUT2D eigenvalue weighted by molar-refractivity contribution is 5.97. The smallest absolute Gasteiger partial charge is 0.316 e. The Morgan fingerprint density at radius 2 is 1.86 bits per heavy atom. The molecular formula is C22H24N2O4. The molecule has 1 fully saturated rings. The van der Waals surface area contributed by atoms with Crippen molar-refractivity contribution in [3.8, 4) is 0 Å². The van der Waals surface area contributed by atoms with Gasteiger partial charge in [-0.3, -0.25) is 14.4 Å². The number of carbonyl (C=O) groups is 3. The van der Waals surface area contributed by atoms with Crippen molar-refractivity contribution < 1.29 is 19.1 Å². The predicted molar refractivity (Wildman–Crippen MR) is 107 cm³/mol. The maximum Gasteiger partial charge on any atom is 0.316 e. The van der Waals surface area contributed by atoms with Crippen LogP contribution in [-0.2, 0) is 24.5 Å². The number of carbonyl (C=O) groups excluding carboxylic acids is 3. The fourth-order valence-corrected chi connectivity index (χ4v) is 3.15. The molecule has 2 aromatic rings. The zero-order chi connectivity index (χ0) is 20.1. The first-order valence-electron chi connectivity index (χ1n) is 9.31. The lowest BCUT2D eigenvalue weighted by atomic mass is 9.85. The number of hydrogen-bond acceptors (Lipinski definition) is 4. The van der Waals surface area contributed by atoms with Gasteiger partial charge in [0.1, 0.15) is 0 Å². The highest BCUT2D eigenvalue weighted by Crippen LogP contribution is 2.25. The van der Waals surface area contributed by atoms with Crippen molar-refractivity contribution >= 4 is 29.2 Å². The van der Waals surface area contributed by atoms with Gasteiger partial charge in [0.05, 0.1) is 5.41 Å². The highest BCUT2D eigenvalue weighted by atomic mass is 16.5. The van der Waals surface area contributed by atoms with Gasteiger partial charge >= 0.3 is 5.97 Å². The number of anilines is 2. The second kappa shape index (κ2) is 8.25. The minimum atomic E-state index is -0.850. The second-order valence-corrected chi connectivity index (χ2v) is 7.31. The summed E-state index contributed by atoms with van der Waals surface area (Å²) in [6.45, 7) is 3.84. The van der Waals surface area contributed by atoms with Crippen LogP contribution in [0.3, 0.4) is 0 Å². The van der Waals surface area contributed by atoms with Crippen molar-refractivity contribution in [2.45, 2.75) is 32.1 Å². The lowest BCUT2D eigenvalue weighted by Crippen LogP contribution is -2.33. The van der Waals surface area contributed by atoms with Crippen LogP contribution >= 0.6 is 0 Å². The SMILES string of the molecule is CC(C)(C(=O)OCC(=O)Nc1cccc(N2CCCC2=O)c1)c1ccccc1. The Bertz CT molecular complexity index is 877. The van der Waals surface area contributed by atoms with Crippen LogP contribution in [-0.4, -0.2) is 30.9 Å². The molecule has 0 aromatic heterocycles. The molecule has 2 amide bonds. The van der Waals surface area contributed by atoms with Crippen molar-refractivity contribution in [1.29, 1.82) is 0 Å². The first-order valence-corrected chi connectivity index (χ1v) is 9.31. The third kappa shape index (κ3) is 4.39. The molecule has 0 bridgehead atoms. The molecule has 6 heteroatoms. The van der Waals surface area contributed by atoms with Gasteiger partial charge in [-0.15, -0.1) is 0 Å². The van der Waals surface area contributed by atoms with E-state index in [0.717, 1.165) is 17.7 Å². The van der Waals surface area contributed by atoms with Crippen LogP contribution < -0.4 is 10.2 Å². The molecule has 3 rings (SSSR count). The largest absolute Gasteiger partial charge is 0.455 e. The Morgan fingerprint density at radius 3 is 2.54 bits per heavy atom. The van der Waals surface area contributed by atoms with Crippen molar-refractivity contribution in [2.75, 3.05) is 23.4 Å². The predicted octanol–water partition coefficient (Wildman–Crippen LogP) is 3.27. The highest BCUT2D eigenvalue weighted by Gasteiger charge is 2.31. The second-order valence-electron chi connectivity index (χ2n) is 7.31. The van der Waals surface area contributed by atoms with Crippen LogP contribution in [0.1, 0.15) is 32.3 Å². The molecule has 1 heterocycles. The number of nitrogens with one attached hydrogen (secondary N) is 1. The van der Waals surface area contributed by atoms with Gasteiger partial charge in [-0.2, -0.15) is 0 Å². The Balaban J connectivity index is 1.57. The molecule has 0 atom stereocenters. The number of ether oxygens (including phenoxy) is 1. The normalized spacial score (nSPS) is 14.1. The minimum Gasteiger partial charge on any atom is -0.455 e. The summed E-state index contributed by atoms with van der Waals surface area (Å²) in [4.78, 5) is 38.2. The van der Waals surface area contributed by atoms with Crippen LogP contribution in [0.5, 0.6) is 0 Å². The average Bonchev–Trinajstić information content (AvgIpc) is 3.13. The molecule has 28 heavy (non-hydrogen) atoms. The Hall–Kier alpha value is -3.15. The minimum absolute atomic E-state index is 0.0838. The Morgan fingerprint density at radius 1 is 1.11 bits per heavy atom. The van der Waals surface area contributed by atoms with Crippen LogP contribution in [0.25, 0.3) is 0 Å². The van der Waals surface area contributed by atoms with E-state index in [4.69, 9.17) is 4.74 Å². The van der Waals surface area contributed by atoms with Gasteiger partial charge in [0.15, 0.2) is 6.61 Å². The van der Waals surface area contributed by atoms with E-state index in [1.54, 1.807) is 36.9 Å². The topological polar surface area (TPSA) is 75.7 Å². The molecule has 1 N–H and O–H groups in total. The molecule has 0 saturated carbocycles. The van der Waals surface area contributed by atoms with Crippen LogP contribution in [0.4, 0.5) is 11.4 Å². The molecular weight excluding hydrogens is 356 g/mol. The van der Waals surface area contributed by atoms with Gasteiger partial charge in [0.25, 0.3) is 5.91 Å². The zero-order valence-electron chi connectivity index (χ0n) is 16.1. The Kier molecular flexibility index (Phi) is 5.78. The molecule has 1 saturated heterocycles. The summed E-state index contributed by atoms with van der Waals surface area (Å²) in [5.74, 6) is -0.812. The van der Waals surface area contributed by atoms with Gasteiger partial charge in [0.2, 0.25) is 5.91 Å². The van der Waals surface area contributed by atoms with E-state index in [0.29, 0.717) is 18.7 Å². The van der Waals surface area contributed by atoms with Crippen molar-refractivity contribution in [1.82, 2.24) is 0 Å². The van der Waals surface area contributed by atoms with E-state index in [1.807, 2.05) is 36.4 Å². The number of hydrogen-bond donors (Lipinski definition) is 1. The summed E-state index contributed by atoms with van der Waals surface area (Å²) < 4.78 is 5.23. The van der Waals surface area contributed by atoms with Crippen molar-refractivity contribution in [3.05, 3.63) is 60.2 Å². The maximum absolute atomic E-state index is 12.4. The number of amides is 2. The number of rotatable bonds is 6. The summed E-state index contributed by atoms with van der Waals surface area (Å²) in [6.07, 6.45) is 1.38. The third-order valence-corrected chi connectivity index (χ3v) is 4.86. The first kappa shape index (κ1) is 19.6. The maximum atomic E-state index is 12.4. The van der Waals surface area contributed by atoms with E-state index in [-0.39, 0.29) is 12.5 Å². The van der Waals surface area contributed by atoms with E-state index in [9.17, 15) is 14.4 Å².